The lowest BCUT2D eigenvalue weighted by Gasteiger charge is -2.13. The van der Waals surface area contributed by atoms with Gasteiger partial charge in [-0.3, -0.25) is 9.89 Å². The van der Waals surface area contributed by atoms with Crippen molar-refractivity contribution < 1.29 is 4.79 Å². The topological polar surface area (TPSA) is 101 Å². The van der Waals surface area contributed by atoms with E-state index in [4.69, 9.17) is 0 Å². The zero-order valence-corrected chi connectivity index (χ0v) is 14.3. The molecule has 0 saturated heterocycles. The molecule has 0 unspecified atom stereocenters. The van der Waals surface area contributed by atoms with Crippen molar-refractivity contribution in [3.8, 4) is 11.3 Å². The quantitative estimate of drug-likeness (QED) is 0.589. The van der Waals surface area contributed by atoms with Gasteiger partial charge < -0.3 is 9.88 Å². The highest BCUT2D eigenvalue weighted by Crippen LogP contribution is 2.23. The lowest BCUT2D eigenvalue weighted by atomic mass is 10.2. The second-order valence-electron chi connectivity index (χ2n) is 6.03. The molecule has 4 rings (SSSR count). The third-order valence-electron chi connectivity index (χ3n) is 4.29. The number of rotatable bonds is 4. The molecule has 0 aromatic carbocycles. The molecular formula is C18H17N7O. The molecule has 130 valence electrons. The van der Waals surface area contributed by atoms with Gasteiger partial charge in [-0.15, -0.1) is 0 Å². The summed E-state index contributed by atoms with van der Waals surface area (Å²) < 4.78 is 1.79. The van der Waals surface area contributed by atoms with Gasteiger partial charge in [-0.05, 0) is 37.3 Å². The zero-order chi connectivity index (χ0) is 18.1. The maximum absolute atomic E-state index is 12.7. The maximum Gasteiger partial charge on any atom is 0.268 e. The van der Waals surface area contributed by atoms with Crippen LogP contribution in [0.4, 0.5) is 0 Å². The van der Waals surface area contributed by atoms with Gasteiger partial charge in [0.05, 0.1) is 23.6 Å². The molecule has 4 aromatic heterocycles. The first-order chi connectivity index (χ1) is 12.6. The fourth-order valence-electron chi connectivity index (χ4n) is 2.86. The molecule has 0 fully saturated rings. The first-order valence-corrected chi connectivity index (χ1v) is 8.17. The number of carbonyl (C=O) groups excluding carboxylic acids is 1. The SMILES string of the molecule is C[C@@H](NC(=O)c1cc2ccc(-c3cn[nH]c3)nc2n1C)c1cccnn1. The molecule has 4 aromatic rings. The number of aryl methyl sites for hydroxylation is 1. The molecule has 0 aliphatic rings. The Morgan fingerprint density at radius 1 is 1.31 bits per heavy atom. The van der Waals surface area contributed by atoms with Crippen LogP contribution in [0.1, 0.15) is 29.1 Å². The van der Waals surface area contributed by atoms with Crippen LogP contribution in [0.15, 0.2) is 48.9 Å². The van der Waals surface area contributed by atoms with E-state index in [1.165, 1.54) is 0 Å². The second-order valence-corrected chi connectivity index (χ2v) is 6.03. The Balaban J connectivity index is 1.64. The third-order valence-corrected chi connectivity index (χ3v) is 4.29. The Labute approximate surface area is 149 Å². The first kappa shape index (κ1) is 15.9. The van der Waals surface area contributed by atoms with Crippen molar-refractivity contribution in [2.75, 3.05) is 0 Å². The Kier molecular flexibility index (Phi) is 3.92. The summed E-state index contributed by atoms with van der Waals surface area (Å²) in [6.07, 6.45) is 5.10. The second kappa shape index (κ2) is 6.40. The molecule has 0 aliphatic heterocycles. The van der Waals surface area contributed by atoms with Crippen molar-refractivity contribution in [2.24, 2.45) is 7.05 Å². The Morgan fingerprint density at radius 3 is 2.92 bits per heavy atom. The normalized spacial score (nSPS) is 12.2. The van der Waals surface area contributed by atoms with Crippen molar-refractivity contribution >= 4 is 16.9 Å². The van der Waals surface area contributed by atoms with Crippen molar-refractivity contribution in [1.82, 2.24) is 35.3 Å². The van der Waals surface area contributed by atoms with Crippen LogP contribution in [0.25, 0.3) is 22.3 Å². The van der Waals surface area contributed by atoms with E-state index in [2.05, 4.69) is 30.7 Å². The fraction of sp³-hybridized carbons (Fsp3) is 0.167. The van der Waals surface area contributed by atoms with Crippen LogP contribution in [-0.4, -0.2) is 35.9 Å². The smallest absolute Gasteiger partial charge is 0.268 e. The lowest BCUT2D eigenvalue weighted by molar-refractivity contribution is 0.0931. The summed E-state index contributed by atoms with van der Waals surface area (Å²) in [6.45, 7) is 1.87. The molecule has 8 heteroatoms. The number of aromatic amines is 1. The van der Waals surface area contributed by atoms with E-state index in [1.54, 1.807) is 29.2 Å². The van der Waals surface area contributed by atoms with Crippen molar-refractivity contribution in [2.45, 2.75) is 13.0 Å². The lowest BCUT2D eigenvalue weighted by Crippen LogP contribution is -2.28. The minimum atomic E-state index is -0.247. The van der Waals surface area contributed by atoms with Gasteiger partial charge >= 0.3 is 0 Å². The van der Waals surface area contributed by atoms with Gasteiger partial charge in [0.2, 0.25) is 0 Å². The van der Waals surface area contributed by atoms with E-state index in [1.807, 2.05) is 38.2 Å². The van der Waals surface area contributed by atoms with Gasteiger partial charge in [0.15, 0.2) is 0 Å². The van der Waals surface area contributed by atoms with E-state index in [9.17, 15) is 4.79 Å². The highest BCUT2D eigenvalue weighted by atomic mass is 16.2. The summed E-state index contributed by atoms with van der Waals surface area (Å²) in [7, 11) is 1.83. The summed E-state index contributed by atoms with van der Waals surface area (Å²) in [6, 6.07) is 9.08. The molecule has 0 aliphatic carbocycles. The van der Waals surface area contributed by atoms with Crippen molar-refractivity contribution in [1.29, 1.82) is 0 Å². The van der Waals surface area contributed by atoms with Crippen LogP contribution in [0.2, 0.25) is 0 Å². The number of nitrogens with zero attached hydrogens (tertiary/aromatic N) is 5. The Hall–Kier alpha value is -3.55. The van der Waals surface area contributed by atoms with E-state index in [-0.39, 0.29) is 11.9 Å². The largest absolute Gasteiger partial charge is 0.343 e. The summed E-state index contributed by atoms with van der Waals surface area (Å²) >= 11 is 0. The molecule has 4 heterocycles. The highest BCUT2D eigenvalue weighted by Gasteiger charge is 2.18. The monoisotopic (exact) mass is 347 g/mol. The van der Waals surface area contributed by atoms with E-state index < -0.39 is 0 Å². The van der Waals surface area contributed by atoms with E-state index in [0.717, 1.165) is 22.3 Å². The number of pyridine rings is 1. The first-order valence-electron chi connectivity index (χ1n) is 8.17. The minimum absolute atomic E-state index is 0.187. The van der Waals surface area contributed by atoms with Gasteiger partial charge in [-0.25, -0.2) is 4.98 Å². The van der Waals surface area contributed by atoms with Gasteiger partial charge in [0.1, 0.15) is 11.3 Å². The highest BCUT2D eigenvalue weighted by molar-refractivity contribution is 5.98. The van der Waals surface area contributed by atoms with Crippen molar-refractivity contribution in [3.05, 3.63) is 60.3 Å². The third kappa shape index (κ3) is 2.81. The molecule has 0 saturated carbocycles. The van der Waals surface area contributed by atoms with Crippen molar-refractivity contribution in [3.63, 3.8) is 0 Å². The molecule has 8 nitrogen and oxygen atoms in total. The van der Waals surface area contributed by atoms with Crippen LogP contribution in [0.5, 0.6) is 0 Å². The standard InChI is InChI=1S/C18H17N7O/c1-11(14-4-3-7-19-24-14)22-18(26)16-8-12-5-6-15(13-9-20-21-10-13)23-17(12)25(16)2/h3-11H,1-2H3,(H,20,21)(H,22,26)/t11-/m1/s1. The molecule has 2 N–H and O–H groups in total. The molecule has 0 radical (unpaired) electrons. The summed E-state index contributed by atoms with van der Waals surface area (Å²) in [5, 5.41) is 18.5. The Bertz CT molecular complexity index is 1050. The Morgan fingerprint density at radius 2 is 2.19 bits per heavy atom. The van der Waals surface area contributed by atoms with Gasteiger partial charge in [-0.2, -0.15) is 15.3 Å². The summed E-state index contributed by atoms with van der Waals surface area (Å²) in [5.41, 5.74) is 3.68. The number of nitrogens with one attached hydrogen (secondary N) is 2. The predicted octanol–water partition coefficient (Wildman–Crippen LogP) is 2.24. The van der Waals surface area contributed by atoms with Gasteiger partial charge in [0.25, 0.3) is 5.91 Å². The van der Waals surface area contributed by atoms with Crippen LogP contribution in [0, 0.1) is 0 Å². The number of H-pyrrole nitrogens is 1. The van der Waals surface area contributed by atoms with E-state index in [0.29, 0.717) is 11.4 Å². The molecule has 0 bridgehead atoms. The van der Waals surface area contributed by atoms with Crippen LogP contribution < -0.4 is 5.32 Å². The molecule has 1 amide bonds. The van der Waals surface area contributed by atoms with Gasteiger partial charge in [-0.1, -0.05) is 0 Å². The van der Waals surface area contributed by atoms with Crippen LogP contribution in [-0.2, 0) is 7.05 Å². The average molecular weight is 347 g/mol. The number of hydrogen-bond acceptors (Lipinski definition) is 5. The van der Waals surface area contributed by atoms with Gasteiger partial charge in [0, 0.05) is 30.4 Å². The summed E-state index contributed by atoms with van der Waals surface area (Å²) in [4.78, 5) is 17.4. The number of aromatic nitrogens is 6. The fourth-order valence-corrected chi connectivity index (χ4v) is 2.86. The predicted molar refractivity (Wildman–Crippen MR) is 96.2 cm³/mol. The van der Waals surface area contributed by atoms with E-state index >= 15 is 0 Å². The van der Waals surface area contributed by atoms with Crippen LogP contribution in [0.3, 0.4) is 0 Å². The molecule has 26 heavy (non-hydrogen) atoms. The number of amides is 1. The molecule has 0 spiro atoms. The van der Waals surface area contributed by atoms with Crippen LogP contribution >= 0.6 is 0 Å². The maximum atomic E-state index is 12.7. The number of fused-ring (bicyclic) bond motifs is 1. The number of hydrogen-bond donors (Lipinski definition) is 2. The molecule has 1 atom stereocenters. The number of carbonyl (C=O) groups is 1. The average Bonchev–Trinajstić information content (AvgIpc) is 3.31. The summed E-state index contributed by atoms with van der Waals surface area (Å²) in [5.74, 6) is -0.187. The molecular weight excluding hydrogens is 330 g/mol. The minimum Gasteiger partial charge on any atom is -0.343 e. The zero-order valence-electron chi connectivity index (χ0n) is 14.3.